The van der Waals surface area contributed by atoms with Crippen molar-refractivity contribution < 1.29 is 9.53 Å². The lowest BCUT2D eigenvalue weighted by molar-refractivity contribution is 0.104. The molecule has 0 aliphatic carbocycles. The van der Waals surface area contributed by atoms with E-state index in [1.165, 1.54) is 6.08 Å². The number of carbonyl (C=O) groups is 1. The highest BCUT2D eigenvalue weighted by molar-refractivity contribution is 6.04. The highest BCUT2D eigenvalue weighted by Crippen LogP contribution is 2.20. The molecule has 0 spiro atoms. The Morgan fingerprint density at radius 1 is 0.880 bits per heavy atom. The molecule has 25 heavy (non-hydrogen) atoms. The molecule has 3 nitrogen and oxygen atoms in total. The molecule has 0 unspecified atom stereocenters. The quantitative estimate of drug-likeness (QED) is 0.501. The molecule has 0 saturated carbocycles. The third-order valence-electron chi connectivity index (χ3n) is 3.83. The van der Waals surface area contributed by atoms with Crippen molar-refractivity contribution in [3.8, 4) is 16.9 Å². The summed E-state index contributed by atoms with van der Waals surface area (Å²) in [5, 5.41) is 3.08. The van der Waals surface area contributed by atoms with Gasteiger partial charge < -0.3 is 10.1 Å². The number of hydrogen-bond donors (Lipinski definition) is 1. The number of anilines is 1. The fourth-order valence-electron chi connectivity index (χ4n) is 2.48. The summed E-state index contributed by atoms with van der Waals surface area (Å²) in [5.74, 6) is 0.719. The number of ketones is 1. The minimum absolute atomic E-state index is 0.0463. The summed E-state index contributed by atoms with van der Waals surface area (Å²) < 4.78 is 5.17. The molecular weight excluding hydrogens is 310 g/mol. The van der Waals surface area contributed by atoms with Gasteiger partial charge >= 0.3 is 0 Å². The van der Waals surface area contributed by atoms with Gasteiger partial charge in [-0.25, -0.2) is 0 Å². The second kappa shape index (κ2) is 7.97. The Kier molecular flexibility index (Phi) is 5.27. The minimum atomic E-state index is -0.0463. The molecule has 0 fully saturated rings. The molecular formula is C22H19NO2. The first-order chi connectivity index (χ1) is 12.3. The van der Waals surface area contributed by atoms with Crippen LogP contribution in [0.25, 0.3) is 11.1 Å². The summed E-state index contributed by atoms with van der Waals surface area (Å²) >= 11 is 0. The van der Waals surface area contributed by atoms with Crippen LogP contribution in [0.15, 0.2) is 91.1 Å². The molecule has 0 bridgehead atoms. The van der Waals surface area contributed by atoms with E-state index in [0.717, 1.165) is 22.6 Å². The van der Waals surface area contributed by atoms with Gasteiger partial charge in [-0.1, -0.05) is 60.7 Å². The van der Waals surface area contributed by atoms with Crippen molar-refractivity contribution in [3.05, 3.63) is 96.7 Å². The van der Waals surface area contributed by atoms with E-state index in [-0.39, 0.29) is 5.78 Å². The summed E-state index contributed by atoms with van der Waals surface area (Å²) in [5.41, 5.74) is 3.75. The number of allylic oxidation sites excluding steroid dienone is 1. The van der Waals surface area contributed by atoms with Gasteiger partial charge in [-0.15, -0.1) is 0 Å². The van der Waals surface area contributed by atoms with E-state index in [4.69, 9.17) is 4.74 Å². The Bertz CT molecular complexity index is 868. The van der Waals surface area contributed by atoms with Gasteiger partial charge in [-0.05, 0) is 23.3 Å². The highest BCUT2D eigenvalue weighted by Gasteiger charge is 2.03. The molecule has 0 aliphatic heterocycles. The van der Waals surface area contributed by atoms with Gasteiger partial charge in [0.2, 0.25) is 0 Å². The number of nitrogens with one attached hydrogen (secondary N) is 1. The number of carbonyl (C=O) groups excluding carboxylic acids is 1. The van der Waals surface area contributed by atoms with E-state index >= 15 is 0 Å². The molecule has 3 heteroatoms. The molecule has 0 aliphatic rings. The monoisotopic (exact) mass is 329 g/mol. The Morgan fingerprint density at radius 3 is 2.32 bits per heavy atom. The van der Waals surface area contributed by atoms with E-state index in [0.29, 0.717) is 5.56 Å². The second-order valence-corrected chi connectivity index (χ2v) is 5.52. The van der Waals surface area contributed by atoms with Crippen LogP contribution in [0.1, 0.15) is 10.4 Å². The van der Waals surface area contributed by atoms with Crippen LogP contribution >= 0.6 is 0 Å². The van der Waals surface area contributed by atoms with Gasteiger partial charge in [0.05, 0.1) is 7.11 Å². The van der Waals surface area contributed by atoms with Crippen LogP contribution in [-0.2, 0) is 0 Å². The van der Waals surface area contributed by atoms with Crippen molar-refractivity contribution in [2.75, 3.05) is 12.4 Å². The second-order valence-electron chi connectivity index (χ2n) is 5.52. The van der Waals surface area contributed by atoms with Gasteiger partial charge in [-0.2, -0.15) is 0 Å². The van der Waals surface area contributed by atoms with E-state index in [1.807, 2.05) is 66.7 Å². The van der Waals surface area contributed by atoms with Crippen molar-refractivity contribution in [1.82, 2.24) is 0 Å². The van der Waals surface area contributed by atoms with Crippen molar-refractivity contribution in [1.29, 1.82) is 0 Å². The predicted octanol–water partition coefficient (Wildman–Crippen LogP) is 5.17. The van der Waals surface area contributed by atoms with E-state index < -0.39 is 0 Å². The van der Waals surface area contributed by atoms with Crippen LogP contribution in [0.3, 0.4) is 0 Å². The molecule has 0 amide bonds. The lowest BCUT2D eigenvalue weighted by Gasteiger charge is -2.04. The summed E-state index contributed by atoms with van der Waals surface area (Å²) in [6.07, 6.45) is 3.17. The molecule has 124 valence electrons. The SMILES string of the molecule is COc1cccc(N/C=C/C(=O)c2ccc(-c3ccccc3)cc2)c1. The van der Waals surface area contributed by atoms with Crippen LogP contribution in [0.2, 0.25) is 0 Å². The summed E-state index contributed by atoms with van der Waals surface area (Å²) in [6.45, 7) is 0. The zero-order valence-corrected chi connectivity index (χ0v) is 14.0. The van der Waals surface area contributed by atoms with Crippen molar-refractivity contribution in [2.45, 2.75) is 0 Å². The molecule has 0 heterocycles. The third-order valence-corrected chi connectivity index (χ3v) is 3.83. The standard InChI is InChI=1S/C22H19NO2/c1-25-21-9-5-8-20(16-21)23-15-14-22(24)19-12-10-18(11-13-19)17-6-3-2-4-7-17/h2-16,23H,1H3/b15-14+. The Balaban J connectivity index is 1.64. The van der Waals surface area contributed by atoms with Gasteiger partial charge in [-0.3, -0.25) is 4.79 Å². The maximum Gasteiger partial charge on any atom is 0.187 e. The number of rotatable bonds is 6. The average molecular weight is 329 g/mol. The molecule has 3 aromatic carbocycles. The summed E-state index contributed by atoms with van der Waals surface area (Å²) in [7, 11) is 1.62. The van der Waals surface area contributed by atoms with Crippen LogP contribution in [0, 0.1) is 0 Å². The minimum Gasteiger partial charge on any atom is -0.497 e. The largest absolute Gasteiger partial charge is 0.497 e. The Hall–Kier alpha value is -3.33. The van der Waals surface area contributed by atoms with Gasteiger partial charge in [0.15, 0.2) is 5.78 Å². The number of ether oxygens (including phenoxy) is 1. The van der Waals surface area contributed by atoms with Crippen LogP contribution < -0.4 is 10.1 Å². The summed E-state index contributed by atoms with van der Waals surface area (Å²) in [6, 6.07) is 25.2. The molecule has 0 atom stereocenters. The molecule has 0 aromatic heterocycles. The first-order valence-electron chi connectivity index (χ1n) is 8.03. The normalized spacial score (nSPS) is 10.6. The number of benzene rings is 3. The zero-order chi connectivity index (χ0) is 17.5. The van der Waals surface area contributed by atoms with E-state index in [9.17, 15) is 4.79 Å². The maximum atomic E-state index is 12.3. The molecule has 0 saturated heterocycles. The fourth-order valence-corrected chi connectivity index (χ4v) is 2.48. The Morgan fingerprint density at radius 2 is 1.60 bits per heavy atom. The van der Waals surface area contributed by atoms with Crippen LogP contribution in [0.5, 0.6) is 5.75 Å². The first kappa shape index (κ1) is 16.5. The van der Waals surface area contributed by atoms with Crippen molar-refractivity contribution in [3.63, 3.8) is 0 Å². The fraction of sp³-hybridized carbons (Fsp3) is 0.0455. The van der Waals surface area contributed by atoms with Gasteiger partial charge in [0.25, 0.3) is 0 Å². The third kappa shape index (κ3) is 4.36. The maximum absolute atomic E-state index is 12.3. The highest BCUT2D eigenvalue weighted by atomic mass is 16.5. The zero-order valence-electron chi connectivity index (χ0n) is 14.0. The van der Waals surface area contributed by atoms with Gasteiger partial charge in [0.1, 0.15) is 5.75 Å². The van der Waals surface area contributed by atoms with Gasteiger partial charge in [0, 0.05) is 29.6 Å². The number of hydrogen-bond acceptors (Lipinski definition) is 3. The van der Waals surface area contributed by atoms with Crippen LogP contribution in [0.4, 0.5) is 5.69 Å². The molecule has 3 rings (SSSR count). The molecule has 0 radical (unpaired) electrons. The topological polar surface area (TPSA) is 38.3 Å². The first-order valence-corrected chi connectivity index (χ1v) is 8.03. The van der Waals surface area contributed by atoms with Crippen LogP contribution in [-0.4, -0.2) is 12.9 Å². The van der Waals surface area contributed by atoms with E-state index in [2.05, 4.69) is 17.4 Å². The average Bonchev–Trinajstić information content (AvgIpc) is 2.69. The molecule has 1 N–H and O–H groups in total. The number of methoxy groups -OCH3 is 1. The predicted molar refractivity (Wildman–Crippen MR) is 102 cm³/mol. The summed E-state index contributed by atoms with van der Waals surface area (Å²) in [4.78, 5) is 12.3. The lowest BCUT2D eigenvalue weighted by atomic mass is 10.0. The smallest absolute Gasteiger partial charge is 0.187 e. The Labute approximate surface area is 147 Å². The van der Waals surface area contributed by atoms with Crippen molar-refractivity contribution >= 4 is 11.5 Å². The van der Waals surface area contributed by atoms with Crippen molar-refractivity contribution in [2.24, 2.45) is 0 Å². The molecule has 3 aromatic rings. The lowest BCUT2D eigenvalue weighted by Crippen LogP contribution is -1.96. The van der Waals surface area contributed by atoms with E-state index in [1.54, 1.807) is 13.3 Å².